The van der Waals surface area contributed by atoms with Crippen molar-refractivity contribution in [2.24, 2.45) is 0 Å². The normalized spacial score (nSPS) is 12.7. The van der Waals surface area contributed by atoms with Gasteiger partial charge in [0.15, 0.2) is 5.82 Å². The Morgan fingerprint density at radius 3 is 2.58 bits per heavy atom. The van der Waals surface area contributed by atoms with Gasteiger partial charge in [0.25, 0.3) is 0 Å². The summed E-state index contributed by atoms with van der Waals surface area (Å²) < 4.78 is 17.0. The average Bonchev–Trinajstić information content (AvgIpc) is 3.19. The van der Waals surface area contributed by atoms with Crippen LogP contribution in [0, 0.1) is 5.82 Å². The van der Waals surface area contributed by atoms with Crippen molar-refractivity contribution in [2.75, 3.05) is 12.4 Å². The topological polar surface area (TPSA) is 107 Å². The minimum absolute atomic E-state index is 0.0262. The molecule has 2 aromatic carbocycles. The minimum atomic E-state index is -1.10. The smallest absolute Gasteiger partial charge is 0.407 e. The highest BCUT2D eigenvalue weighted by Gasteiger charge is 2.18. The molecule has 4 rings (SSSR count). The number of nitrogens with zero attached hydrogens (tertiary/aromatic N) is 3. The lowest BCUT2D eigenvalue weighted by Gasteiger charge is -2.25. The second kappa shape index (κ2) is 11.9. The molecular weight excluding hydrogens is 445 g/mol. The molecule has 0 unspecified atom stereocenters. The highest BCUT2D eigenvalue weighted by Crippen LogP contribution is 2.35. The van der Waals surface area contributed by atoms with E-state index in [0.29, 0.717) is 11.4 Å². The maximum atomic E-state index is 13.0. The van der Waals surface area contributed by atoms with Gasteiger partial charge in [-0.25, -0.2) is 19.0 Å². The number of benzene rings is 2. The Kier molecular flexibility index (Phi) is 8.71. The van der Waals surface area contributed by atoms with Gasteiger partial charge >= 0.3 is 12.1 Å². The average molecular weight is 472 g/mol. The summed E-state index contributed by atoms with van der Waals surface area (Å²) in [4.78, 5) is 27.5. The van der Waals surface area contributed by atoms with E-state index >= 15 is 0 Å². The number of amides is 3. The minimum Gasteiger partial charge on any atom is -0.465 e. The second-order valence-corrected chi connectivity index (χ2v) is 8.38. The number of hydrogen-bond donors (Lipinski definition) is 3. The highest BCUT2D eigenvalue weighted by molar-refractivity contribution is 7.09. The van der Waals surface area contributed by atoms with Crippen molar-refractivity contribution in [2.45, 2.75) is 38.3 Å². The van der Waals surface area contributed by atoms with Crippen LogP contribution in [0.3, 0.4) is 0 Å². The van der Waals surface area contributed by atoms with Gasteiger partial charge in [-0.3, -0.25) is 5.32 Å². The standard InChI is InChI=1S/C13H14FN5O3S.C10H12/c1-19(13(21)22)7-10-16-12(23-18-10)17-11(20)15-6-8-3-2-4-9(14)5-8;1-2-5-9(6-3-1)10-7-4-8-10/h2-5H,6-7H2,1H3,(H,21,22)(H2,15,16,17,18,20);1-3,5-6,10H,4,7-8H2. The van der Waals surface area contributed by atoms with E-state index in [9.17, 15) is 14.0 Å². The molecule has 8 nitrogen and oxygen atoms in total. The molecule has 10 heteroatoms. The van der Waals surface area contributed by atoms with Crippen LogP contribution in [0.15, 0.2) is 54.6 Å². The summed E-state index contributed by atoms with van der Waals surface area (Å²) in [5.74, 6) is 0.808. The van der Waals surface area contributed by atoms with E-state index in [-0.39, 0.29) is 24.0 Å². The maximum absolute atomic E-state index is 13.0. The first-order chi connectivity index (χ1) is 15.9. The van der Waals surface area contributed by atoms with Gasteiger partial charge < -0.3 is 15.3 Å². The van der Waals surface area contributed by atoms with E-state index in [2.05, 4.69) is 50.3 Å². The molecule has 0 bridgehead atoms. The molecule has 33 heavy (non-hydrogen) atoms. The number of carbonyl (C=O) groups is 2. The van der Waals surface area contributed by atoms with Crippen molar-refractivity contribution >= 4 is 28.8 Å². The molecule has 1 saturated carbocycles. The Morgan fingerprint density at radius 1 is 1.18 bits per heavy atom. The lowest BCUT2D eigenvalue weighted by molar-refractivity contribution is 0.153. The van der Waals surface area contributed by atoms with Gasteiger partial charge in [-0.15, -0.1) is 0 Å². The number of hydrogen-bond acceptors (Lipinski definition) is 5. The molecule has 174 valence electrons. The predicted octanol–water partition coefficient (Wildman–Crippen LogP) is 5.06. The fourth-order valence-electron chi connectivity index (χ4n) is 3.09. The largest absolute Gasteiger partial charge is 0.465 e. The van der Waals surface area contributed by atoms with Crippen LogP contribution in [0.5, 0.6) is 0 Å². The van der Waals surface area contributed by atoms with Gasteiger partial charge in [-0.05, 0) is 42.0 Å². The number of aromatic nitrogens is 2. The van der Waals surface area contributed by atoms with E-state index < -0.39 is 12.1 Å². The molecule has 3 N–H and O–H groups in total. The van der Waals surface area contributed by atoms with Crippen molar-refractivity contribution in [1.29, 1.82) is 0 Å². The van der Waals surface area contributed by atoms with Crippen LogP contribution in [0.1, 0.15) is 42.1 Å². The zero-order chi connectivity index (χ0) is 23.6. The summed E-state index contributed by atoms with van der Waals surface area (Å²) in [6.07, 6.45) is 3.15. The quantitative estimate of drug-likeness (QED) is 0.466. The van der Waals surface area contributed by atoms with E-state index in [1.165, 1.54) is 44.0 Å². The Labute approximate surface area is 195 Å². The zero-order valence-electron chi connectivity index (χ0n) is 18.2. The molecule has 0 aliphatic heterocycles. The molecule has 1 aliphatic carbocycles. The van der Waals surface area contributed by atoms with Crippen LogP contribution in [-0.4, -0.2) is 38.5 Å². The van der Waals surface area contributed by atoms with Gasteiger partial charge in [-0.1, -0.05) is 48.9 Å². The Bertz CT molecular complexity index is 1060. The van der Waals surface area contributed by atoms with Crippen LogP contribution >= 0.6 is 11.5 Å². The lowest BCUT2D eigenvalue weighted by Crippen LogP contribution is -2.28. The van der Waals surface area contributed by atoms with Crippen molar-refractivity contribution < 1.29 is 19.1 Å². The van der Waals surface area contributed by atoms with Crippen molar-refractivity contribution in [3.05, 3.63) is 77.4 Å². The number of carbonyl (C=O) groups excluding carboxylic acids is 1. The lowest BCUT2D eigenvalue weighted by atomic mass is 9.80. The number of carboxylic acid groups (broad SMARTS) is 1. The summed E-state index contributed by atoms with van der Waals surface area (Å²) >= 11 is 0.943. The third-order valence-corrected chi connectivity index (χ3v) is 5.78. The summed E-state index contributed by atoms with van der Waals surface area (Å²) in [5, 5.41) is 14.1. The third kappa shape index (κ3) is 7.83. The number of anilines is 1. The molecule has 1 fully saturated rings. The summed E-state index contributed by atoms with van der Waals surface area (Å²) in [7, 11) is 1.39. The molecule has 1 aliphatic rings. The Balaban J connectivity index is 0.000000252. The Morgan fingerprint density at radius 2 is 1.94 bits per heavy atom. The van der Waals surface area contributed by atoms with E-state index in [0.717, 1.165) is 22.4 Å². The molecule has 0 radical (unpaired) electrons. The van der Waals surface area contributed by atoms with E-state index in [4.69, 9.17) is 5.11 Å². The van der Waals surface area contributed by atoms with E-state index in [1.807, 2.05) is 0 Å². The van der Waals surface area contributed by atoms with Gasteiger partial charge in [0.05, 0.1) is 6.54 Å². The van der Waals surface area contributed by atoms with Gasteiger partial charge in [-0.2, -0.15) is 4.37 Å². The highest BCUT2D eigenvalue weighted by atomic mass is 32.1. The molecule has 1 aromatic heterocycles. The van der Waals surface area contributed by atoms with Crippen molar-refractivity contribution in [3.8, 4) is 0 Å². The molecule has 0 spiro atoms. The van der Waals surface area contributed by atoms with Gasteiger partial charge in [0.2, 0.25) is 5.13 Å². The van der Waals surface area contributed by atoms with Crippen LogP contribution in [-0.2, 0) is 13.1 Å². The first-order valence-corrected chi connectivity index (χ1v) is 11.3. The van der Waals surface area contributed by atoms with Crippen LogP contribution < -0.4 is 10.6 Å². The van der Waals surface area contributed by atoms with Crippen molar-refractivity contribution in [1.82, 2.24) is 19.6 Å². The predicted molar refractivity (Wildman–Crippen MR) is 125 cm³/mol. The fraction of sp³-hybridized carbons (Fsp3) is 0.304. The summed E-state index contributed by atoms with van der Waals surface area (Å²) in [6.45, 7) is 0.190. The number of rotatable bonds is 6. The summed E-state index contributed by atoms with van der Waals surface area (Å²) in [6, 6.07) is 16.2. The zero-order valence-corrected chi connectivity index (χ0v) is 19.0. The molecule has 0 saturated heterocycles. The third-order valence-electron chi connectivity index (χ3n) is 5.11. The second-order valence-electron chi connectivity index (χ2n) is 7.63. The van der Waals surface area contributed by atoms with Crippen LogP contribution in [0.2, 0.25) is 0 Å². The first kappa shape index (κ1) is 24.1. The SMILES string of the molecule is CN(Cc1nsc(NC(=O)NCc2cccc(F)c2)n1)C(=O)O.c1ccc(C2CCC2)cc1. The summed E-state index contributed by atoms with van der Waals surface area (Å²) in [5.41, 5.74) is 2.16. The van der Waals surface area contributed by atoms with Gasteiger partial charge in [0, 0.05) is 25.1 Å². The van der Waals surface area contributed by atoms with Crippen LogP contribution in [0.25, 0.3) is 0 Å². The molecule has 3 amide bonds. The molecule has 1 heterocycles. The number of nitrogens with one attached hydrogen (secondary N) is 2. The Hall–Kier alpha value is -3.53. The van der Waals surface area contributed by atoms with E-state index in [1.54, 1.807) is 12.1 Å². The molecular formula is C23H26FN5O3S. The fourth-order valence-corrected chi connectivity index (χ4v) is 3.66. The number of halogens is 1. The van der Waals surface area contributed by atoms with Crippen molar-refractivity contribution in [3.63, 3.8) is 0 Å². The first-order valence-electron chi connectivity index (χ1n) is 10.5. The van der Waals surface area contributed by atoms with Gasteiger partial charge in [0.1, 0.15) is 5.82 Å². The number of urea groups is 1. The molecule has 3 aromatic rings. The maximum Gasteiger partial charge on any atom is 0.407 e. The van der Waals surface area contributed by atoms with Crippen LogP contribution in [0.4, 0.5) is 19.1 Å². The molecule has 0 atom stereocenters. The monoisotopic (exact) mass is 471 g/mol.